The molecule has 0 radical (unpaired) electrons. The number of anilines is 2. The fourth-order valence-electron chi connectivity index (χ4n) is 3.14. The van der Waals surface area contributed by atoms with Gasteiger partial charge in [0.05, 0.1) is 40.8 Å². The summed E-state index contributed by atoms with van der Waals surface area (Å²) in [7, 11) is -0.935. The summed E-state index contributed by atoms with van der Waals surface area (Å²) in [5, 5.41) is 4.64. The zero-order valence-corrected chi connectivity index (χ0v) is 20.1. The average molecular weight is 499 g/mol. The first-order valence-corrected chi connectivity index (χ1v) is 12.6. The Morgan fingerprint density at radius 2 is 1.94 bits per heavy atom. The Morgan fingerprint density at radius 3 is 2.62 bits per heavy atom. The van der Waals surface area contributed by atoms with Gasteiger partial charge in [0, 0.05) is 29.6 Å². The summed E-state index contributed by atoms with van der Waals surface area (Å²) in [6.45, 7) is 1.46. The minimum Gasteiger partial charge on any atom is -0.495 e. The van der Waals surface area contributed by atoms with Gasteiger partial charge >= 0.3 is 0 Å². The number of carbonyl (C=O) groups excluding carboxylic acids is 2. The van der Waals surface area contributed by atoms with E-state index >= 15 is 0 Å². The number of fused-ring (bicyclic) bond motifs is 1. The van der Waals surface area contributed by atoms with Crippen molar-refractivity contribution < 1.29 is 27.5 Å². The van der Waals surface area contributed by atoms with E-state index < -0.39 is 21.0 Å². The number of amides is 2. The minimum atomic E-state index is -3.82. The highest BCUT2D eigenvalue weighted by molar-refractivity contribution is 7.99. The van der Waals surface area contributed by atoms with Gasteiger partial charge in [-0.25, -0.2) is 8.42 Å². The van der Waals surface area contributed by atoms with E-state index in [0.29, 0.717) is 35.0 Å². The smallest absolute Gasteiger partial charge is 0.225 e. The molecule has 0 bridgehead atoms. The lowest BCUT2D eigenvalue weighted by molar-refractivity contribution is -0.116. The third-order valence-corrected chi connectivity index (χ3v) is 8.40. The predicted molar refractivity (Wildman–Crippen MR) is 125 cm³/mol. The van der Waals surface area contributed by atoms with Crippen molar-refractivity contribution in [2.45, 2.75) is 34.8 Å². The van der Waals surface area contributed by atoms with E-state index in [-0.39, 0.29) is 22.2 Å². The SMILES string of the molecule is COc1cc(OC)c(NC(=O)CC(C)S(=O)(=O)c2ccc3c(c2)NC(=O)CCS3)cc1Cl. The topological polar surface area (TPSA) is 111 Å². The molecule has 11 heteroatoms. The molecule has 172 valence electrons. The van der Waals surface area contributed by atoms with Crippen LogP contribution in [0.4, 0.5) is 11.4 Å². The van der Waals surface area contributed by atoms with Crippen LogP contribution < -0.4 is 20.1 Å². The molecule has 1 heterocycles. The number of nitrogens with one attached hydrogen (secondary N) is 2. The van der Waals surface area contributed by atoms with Crippen LogP contribution in [-0.4, -0.2) is 45.5 Å². The molecule has 0 fully saturated rings. The van der Waals surface area contributed by atoms with Crippen molar-refractivity contribution >= 4 is 56.4 Å². The number of benzene rings is 2. The van der Waals surface area contributed by atoms with Crippen LogP contribution in [0.15, 0.2) is 40.1 Å². The van der Waals surface area contributed by atoms with Gasteiger partial charge in [0.25, 0.3) is 0 Å². The minimum absolute atomic E-state index is 0.0458. The Kier molecular flexibility index (Phi) is 7.58. The van der Waals surface area contributed by atoms with E-state index in [0.717, 1.165) is 4.90 Å². The Bertz CT molecular complexity index is 1150. The average Bonchev–Trinajstić information content (AvgIpc) is 2.93. The number of carbonyl (C=O) groups is 2. The molecule has 1 aliphatic rings. The van der Waals surface area contributed by atoms with Gasteiger partial charge in [-0.3, -0.25) is 9.59 Å². The summed E-state index contributed by atoms with van der Waals surface area (Å²) >= 11 is 7.61. The molecule has 2 aromatic carbocycles. The number of hydrogen-bond donors (Lipinski definition) is 2. The third-order valence-electron chi connectivity index (χ3n) is 4.89. The van der Waals surface area contributed by atoms with Gasteiger partial charge in [-0.15, -0.1) is 11.8 Å². The van der Waals surface area contributed by atoms with Crippen LogP contribution in [0, 0.1) is 0 Å². The van der Waals surface area contributed by atoms with Crippen LogP contribution in [0.3, 0.4) is 0 Å². The molecule has 0 aromatic heterocycles. The quantitative estimate of drug-likeness (QED) is 0.593. The van der Waals surface area contributed by atoms with Crippen molar-refractivity contribution in [1.82, 2.24) is 0 Å². The van der Waals surface area contributed by atoms with Gasteiger partial charge in [-0.1, -0.05) is 11.6 Å². The van der Waals surface area contributed by atoms with Crippen LogP contribution in [0.25, 0.3) is 0 Å². The van der Waals surface area contributed by atoms with Gasteiger partial charge in [0.15, 0.2) is 9.84 Å². The number of hydrogen-bond acceptors (Lipinski definition) is 7. The first-order valence-electron chi connectivity index (χ1n) is 9.67. The van der Waals surface area contributed by atoms with Gasteiger partial charge in [0.2, 0.25) is 11.8 Å². The molecule has 1 unspecified atom stereocenters. The lowest BCUT2D eigenvalue weighted by Crippen LogP contribution is -2.25. The van der Waals surface area contributed by atoms with Crippen molar-refractivity contribution in [3.05, 3.63) is 35.4 Å². The van der Waals surface area contributed by atoms with E-state index in [1.54, 1.807) is 6.07 Å². The van der Waals surface area contributed by atoms with E-state index in [4.69, 9.17) is 21.1 Å². The van der Waals surface area contributed by atoms with Crippen LogP contribution in [-0.2, 0) is 19.4 Å². The molecule has 3 rings (SSSR count). The van der Waals surface area contributed by atoms with Crippen molar-refractivity contribution in [2.75, 3.05) is 30.6 Å². The number of halogens is 1. The molecule has 1 atom stereocenters. The maximum atomic E-state index is 13.1. The van der Waals surface area contributed by atoms with E-state index in [1.165, 1.54) is 57.2 Å². The van der Waals surface area contributed by atoms with E-state index in [2.05, 4.69) is 10.6 Å². The molecule has 2 N–H and O–H groups in total. The summed E-state index contributed by atoms with van der Waals surface area (Å²) < 4.78 is 36.5. The Labute approximate surface area is 195 Å². The Morgan fingerprint density at radius 1 is 1.22 bits per heavy atom. The van der Waals surface area contributed by atoms with Gasteiger partial charge < -0.3 is 20.1 Å². The Balaban J connectivity index is 1.77. The lowest BCUT2D eigenvalue weighted by Gasteiger charge is -2.16. The standard InChI is InChI=1S/C21H23ClN2O6S2/c1-12(8-21(26)23-15-10-14(22)17(29-2)11-18(15)30-3)32(27,28)13-4-5-19-16(9-13)24-20(25)6-7-31-19/h4-5,9-12H,6-8H2,1-3H3,(H,23,26)(H,24,25). The highest BCUT2D eigenvalue weighted by Crippen LogP contribution is 2.36. The lowest BCUT2D eigenvalue weighted by atomic mass is 10.2. The summed E-state index contributed by atoms with van der Waals surface area (Å²) in [5.74, 6) is 0.657. The molecule has 0 saturated carbocycles. The second-order valence-corrected chi connectivity index (χ2v) is 11.0. The number of methoxy groups -OCH3 is 2. The highest BCUT2D eigenvalue weighted by Gasteiger charge is 2.27. The zero-order valence-electron chi connectivity index (χ0n) is 17.7. The first-order chi connectivity index (χ1) is 15.1. The summed E-state index contributed by atoms with van der Waals surface area (Å²) in [5.41, 5.74) is 0.769. The molecule has 32 heavy (non-hydrogen) atoms. The second kappa shape index (κ2) is 10.0. The zero-order chi connectivity index (χ0) is 23.5. The number of rotatable bonds is 7. The second-order valence-electron chi connectivity index (χ2n) is 7.10. The van der Waals surface area contributed by atoms with Crippen LogP contribution in [0.2, 0.25) is 5.02 Å². The molecule has 0 aliphatic carbocycles. The largest absolute Gasteiger partial charge is 0.495 e. The fraction of sp³-hybridized carbons (Fsp3) is 0.333. The fourth-order valence-corrected chi connectivity index (χ4v) is 5.69. The number of sulfone groups is 1. The number of ether oxygens (including phenoxy) is 2. The van der Waals surface area contributed by atoms with Gasteiger partial charge in [0.1, 0.15) is 11.5 Å². The highest BCUT2D eigenvalue weighted by atomic mass is 35.5. The summed E-state index contributed by atoms with van der Waals surface area (Å²) in [6, 6.07) is 7.62. The molecule has 2 amide bonds. The predicted octanol–water partition coefficient (Wildman–Crippen LogP) is 3.98. The molecular formula is C21H23ClN2O6S2. The molecule has 8 nitrogen and oxygen atoms in total. The van der Waals surface area contributed by atoms with Gasteiger partial charge in [-0.2, -0.15) is 0 Å². The molecule has 0 saturated heterocycles. The van der Waals surface area contributed by atoms with Crippen molar-refractivity contribution in [3.63, 3.8) is 0 Å². The van der Waals surface area contributed by atoms with E-state index in [1.807, 2.05) is 0 Å². The normalized spacial score (nSPS) is 14.6. The third kappa shape index (κ3) is 5.31. The van der Waals surface area contributed by atoms with Crippen LogP contribution >= 0.6 is 23.4 Å². The van der Waals surface area contributed by atoms with E-state index in [9.17, 15) is 18.0 Å². The molecular weight excluding hydrogens is 476 g/mol. The summed E-state index contributed by atoms with van der Waals surface area (Å²) in [4.78, 5) is 25.3. The van der Waals surface area contributed by atoms with Crippen LogP contribution in [0.1, 0.15) is 19.8 Å². The Hall–Kier alpha value is -2.43. The monoisotopic (exact) mass is 498 g/mol. The maximum absolute atomic E-state index is 13.1. The van der Waals surface area contributed by atoms with Crippen molar-refractivity contribution in [3.8, 4) is 11.5 Å². The van der Waals surface area contributed by atoms with Gasteiger partial charge in [-0.05, 0) is 31.2 Å². The van der Waals surface area contributed by atoms with Crippen molar-refractivity contribution in [2.24, 2.45) is 0 Å². The summed E-state index contributed by atoms with van der Waals surface area (Å²) in [6.07, 6.45) is 0.0736. The maximum Gasteiger partial charge on any atom is 0.225 e. The molecule has 2 aromatic rings. The van der Waals surface area contributed by atoms with Crippen LogP contribution in [0.5, 0.6) is 11.5 Å². The molecule has 0 spiro atoms. The molecule has 1 aliphatic heterocycles. The first kappa shape index (κ1) is 24.2. The van der Waals surface area contributed by atoms with Crippen molar-refractivity contribution in [1.29, 1.82) is 0 Å². The number of thioether (sulfide) groups is 1.